The molecule has 0 fully saturated rings. The van der Waals surface area contributed by atoms with Gasteiger partial charge >= 0.3 is 0 Å². The van der Waals surface area contributed by atoms with Gasteiger partial charge in [0, 0.05) is 10.6 Å². The molecule has 0 unspecified atom stereocenters. The molecule has 1 aliphatic rings. The van der Waals surface area contributed by atoms with Gasteiger partial charge in [-0.25, -0.2) is 17.5 Å². The second-order valence-corrected chi connectivity index (χ2v) is 12.0. The number of aromatic nitrogens is 2. The van der Waals surface area contributed by atoms with E-state index in [1.165, 1.54) is 22.9 Å². The van der Waals surface area contributed by atoms with Gasteiger partial charge in [-0.3, -0.25) is 4.79 Å². The Hall–Kier alpha value is -3.46. The summed E-state index contributed by atoms with van der Waals surface area (Å²) in [5, 5.41) is 8.30. The molecular formula is C28H22Cl2FN3O3S. The molecule has 1 N–H and O–H groups in total. The van der Waals surface area contributed by atoms with Crippen molar-refractivity contribution in [2.24, 2.45) is 0 Å². The fourth-order valence-electron chi connectivity index (χ4n) is 4.44. The molecule has 0 saturated heterocycles. The van der Waals surface area contributed by atoms with E-state index in [1.807, 2.05) is 37.3 Å². The first kappa shape index (κ1) is 26.2. The van der Waals surface area contributed by atoms with Crippen molar-refractivity contribution in [1.82, 2.24) is 15.1 Å². The number of nitrogens with one attached hydrogen (secondary N) is 1. The number of rotatable bonds is 5. The summed E-state index contributed by atoms with van der Waals surface area (Å²) in [5.41, 5.74) is 2.97. The van der Waals surface area contributed by atoms with Gasteiger partial charge in [-0.15, -0.1) is 0 Å². The number of halogens is 3. The van der Waals surface area contributed by atoms with Crippen LogP contribution in [0.15, 0.2) is 72.8 Å². The Labute approximate surface area is 229 Å². The zero-order valence-corrected chi connectivity index (χ0v) is 22.5. The molecule has 5 rings (SSSR count). The van der Waals surface area contributed by atoms with Gasteiger partial charge < -0.3 is 5.32 Å². The summed E-state index contributed by atoms with van der Waals surface area (Å²) in [6.45, 7) is 1.84. The van der Waals surface area contributed by atoms with Crippen molar-refractivity contribution in [3.05, 3.63) is 117 Å². The standard InChI is InChI=1S/C28H22Cl2FN3O3S/c1-17(19-5-3-2-4-6-19)32-28(35)27-23-16-38(36,37)15-20(13-18-7-10-22(31)11-8-18)26(23)33-34(27)25-12-9-21(29)14-24(25)30/h2-14,17H,15-16H2,1H3,(H,32,35)/b20-13+/t17-/m1/s1. The number of amides is 1. The van der Waals surface area contributed by atoms with Crippen LogP contribution in [0, 0.1) is 5.82 Å². The van der Waals surface area contributed by atoms with Gasteiger partial charge in [0.2, 0.25) is 0 Å². The lowest BCUT2D eigenvalue weighted by atomic mass is 10.0. The monoisotopic (exact) mass is 569 g/mol. The Morgan fingerprint density at radius 3 is 2.45 bits per heavy atom. The zero-order chi connectivity index (χ0) is 27.0. The first-order valence-corrected chi connectivity index (χ1v) is 14.3. The molecule has 3 aromatic carbocycles. The molecule has 0 saturated carbocycles. The first-order valence-electron chi connectivity index (χ1n) is 11.7. The van der Waals surface area contributed by atoms with Crippen molar-refractivity contribution in [3.8, 4) is 5.69 Å². The smallest absolute Gasteiger partial charge is 0.270 e. The third kappa shape index (κ3) is 5.38. The van der Waals surface area contributed by atoms with E-state index in [0.29, 0.717) is 27.5 Å². The van der Waals surface area contributed by atoms with Crippen LogP contribution in [0.5, 0.6) is 0 Å². The highest BCUT2D eigenvalue weighted by molar-refractivity contribution is 7.91. The first-order chi connectivity index (χ1) is 18.1. The Morgan fingerprint density at radius 1 is 1.05 bits per heavy atom. The number of hydrogen-bond donors (Lipinski definition) is 1. The van der Waals surface area contributed by atoms with E-state index in [2.05, 4.69) is 5.32 Å². The molecule has 1 aliphatic heterocycles. The largest absolute Gasteiger partial charge is 0.344 e. The van der Waals surface area contributed by atoms with Crippen LogP contribution in [-0.2, 0) is 15.6 Å². The summed E-state index contributed by atoms with van der Waals surface area (Å²) in [6, 6.07) is 19.5. The van der Waals surface area contributed by atoms with E-state index in [9.17, 15) is 17.6 Å². The third-order valence-electron chi connectivity index (χ3n) is 6.24. The van der Waals surface area contributed by atoms with Crippen molar-refractivity contribution in [1.29, 1.82) is 0 Å². The van der Waals surface area contributed by atoms with E-state index in [-0.39, 0.29) is 33.8 Å². The van der Waals surface area contributed by atoms with Crippen molar-refractivity contribution >= 4 is 50.6 Å². The van der Waals surface area contributed by atoms with E-state index >= 15 is 0 Å². The number of nitrogens with zero attached hydrogens (tertiary/aromatic N) is 2. The number of hydrogen-bond acceptors (Lipinski definition) is 4. The number of carbonyl (C=O) groups is 1. The van der Waals surface area contributed by atoms with Crippen molar-refractivity contribution < 1.29 is 17.6 Å². The van der Waals surface area contributed by atoms with Gasteiger partial charge in [-0.1, -0.05) is 65.7 Å². The van der Waals surface area contributed by atoms with Gasteiger partial charge in [0.1, 0.15) is 11.5 Å². The summed E-state index contributed by atoms with van der Waals surface area (Å²) in [4.78, 5) is 13.8. The van der Waals surface area contributed by atoms with E-state index in [1.54, 1.807) is 30.3 Å². The number of fused-ring (bicyclic) bond motifs is 1. The van der Waals surface area contributed by atoms with Gasteiger partial charge in [0.05, 0.1) is 34.0 Å². The van der Waals surface area contributed by atoms with Crippen molar-refractivity contribution in [2.75, 3.05) is 5.75 Å². The van der Waals surface area contributed by atoms with Gasteiger partial charge in [0.25, 0.3) is 5.91 Å². The van der Waals surface area contributed by atoms with Crippen LogP contribution in [-0.4, -0.2) is 29.9 Å². The minimum atomic E-state index is -3.63. The zero-order valence-electron chi connectivity index (χ0n) is 20.2. The maximum atomic E-state index is 13.8. The molecule has 2 heterocycles. The molecular weight excluding hydrogens is 548 g/mol. The Bertz CT molecular complexity index is 1670. The second-order valence-electron chi connectivity index (χ2n) is 9.04. The molecule has 1 amide bonds. The maximum absolute atomic E-state index is 13.8. The van der Waals surface area contributed by atoms with E-state index in [4.69, 9.17) is 28.3 Å². The summed E-state index contributed by atoms with van der Waals surface area (Å²) in [7, 11) is -3.63. The van der Waals surface area contributed by atoms with E-state index < -0.39 is 21.6 Å². The lowest BCUT2D eigenvalue weighted by Crippen LogP contribution is -2.30. The average molecular weight is 570 g/mol. The van der Waals surface area contributed by atoms with Gasteiger partial charge in [0.15, 0.2) is 9.84 Å². The lowest BCUT2D eigenvalue weighted by molar-refractivity contribution is 0.0931. The maximum Gasteiger partial charge on any atom is 0.270 e. The van der Waals surface area contributed by atoms with Crippen LogP contribution in [0.2, 0.25) is 10.0 Å². The molecule has 38 heavy (non-hydrogen) atoms. The molecule has 0 aliphatic carbocycles. The Morgan fingerprint density at radius 2 is 1.76 bits per heavy atom. The summed E-state index contributed by atoms with van der Waals surface area (Å²) < 4.78 is 40.9. The van der Waals surface area contributed by atoms with Crippen LogP contribution in [0.1, 0.15) is 45.8 Å². The Balaban J connectivity index is 1.68. The van der Waals surface area contributed by atoms with Gasteiger partial charge in [-0.05, 0) is 60.0 Å². The number of sulfone groups is 1. The lowest BCUT2D eigenvalue weighted by Gasteiger charge is -2.18. The molecule has 0 radical (unpaired) electrons. The average Bonchev–Trinajstić information content (AvgIpc) is 3.24. The van der Waals surface area contributed by atoms with Crippen LogP contribution in [0.4, 0.5) is 4.39 Å². The topological polar surface area (TPSA) is 81.1 Å². The van der Waals surface area contributed by atoms with Gasteiger partial charge in [-0.2, -0.15) is 5.10 Å². The van der Waals surface area contributed by atoms with Crippen molar-refractivity contribution in [3.63, 3.8) is 0 Å². The highest BCUT2D eigenvalue weighted by Crippen LogP contribution is 2.35. The van der Waals surface area contributed by atoms with E-state index in [0.717, 1.165) is 5.56 Å². The fourth-order valence-corrected chi connectivity index (χ4v) is 6.44. The van der Waals surface area contributed by atoms with Crippen molar-refractivity contribution in [2.45, 2.75) is 18.7 Å². The predicted octanol–water partition coefficient (Wildman–Crippen LogP) is 6.28. The summed E-state index contributed by atoms with van der Waals surface area (Å²) in [5.74, 6) is -1.54. The molecule has 194 valence electrons. The van der Waals surface area contributed by atoms with Crippen LogP contribution < -0.4 is 5.32 Å². The normalized spacial score (nSPS) is 16.2. The third-order valence-corrected chi connectivity index (χ3v) is 8.26. The molecule has 1 aromatic heterocycles. The minimum Gasteiger partial charge on any atom is -0.344 e. The predicted molar refractivity (Wildman–Crippen MR) is 148 cm³/mol. The minimum absolute atomic E-state index is 0.0697. The second kappa shape index (κ2) is 10.4. The molecule has 0 spiro atoms. The van der Waals surface area contributed by atoms with Crippen LogP contribution in [0.25, 0.3) is 17.3 Å². The number of carbonyl (C=O) groups excluding carboxylic acids is 1. The molecule has 4 aromatic rings. The fraction of sp³-hybridized carbons (Fsp3) is 0.143. The highest BCUT2D eigenvalue weighted by atomic mass is 35.5. The summed E-state index contributed by atoms with van der Waals surface area (Å²) >= 11 is 12.6. The van der Waals surface area contributed by atoms with Crippen LogP contribution >= 0.6 is 23.2 Å². The highest BCUT2D eigenvalue weighted by Gasteiger charge is 2.35. The Kier molecular flexibility index (Phi) is 7.13. The summed E-state index contributed by atoms with van der Waals surface area (Å²) in [6.07, 6.45) is 1.64. The molecule has 0 bridgehead atoms. The quantitative estimate of drug-likeness (QED) is 0.306. The van der Waals surface area contributed by atoms with Crippen LogP contribution in [0.3, 0.4) is 0 Å². The number of benzene rings is 3. The molecule has 6 nitrogen and oxygen atoms in total. The SMILES string of the molecule is C[C@@H](NC(=O)c1c2c(nn1-c1ccc(Cl)cc1Cl)/C(=C/c1ccc(F)cc1)CS(=O)(=O)C2)c1ccccc1. The molecule has 1 atom stereocenters. The molecule has 10 heteroatoms.